The largest absolute Gasteiger partial charge is 0.480 e. The van der Waals surface area contributed by atoms with Crippen LogP contribution in [0, 0.1) is 11.8 Å². The summed E-state index contributed by atoms with van der Waals surface area (Å²) in [5.74, 6) is -0.520. The van der Waals surface area contributed by atoms with Gasteiger partial charge < -0.3 is 14.7 Å². The van der Waals surface area contributed by atoms with Crippen LogP contribution < -0.4 is 5.32 Å². The number of nitrogens with one attached hydrogen (secondary N) is 1. The molecule has 1 aliphatic heterocycles. The van der Waals surface area contributed by atoms with E-state index in [4.69, 9.17) is 4.74 Å². The number of fused-ring (bicyclic) bond motifs is 1. The first-order valence-electron chi connectivity index (χ1n) is 11.9. The zero-order valence-electron chi connectivity index (χ0n) is 18.5. The minimum atomic E-state index is -0.923. The summed E-state index contributed by atoms with van der Waals surface area (Å²) >= 11 is 0. The molecule has 7 heteroatoms. The molecule has 0 radical (unpaired) electrons. The Morgan fingerprint density at radius 1 is 1.10 bits per heavy atom. The summed E-state index contributed by atoms with van der Waals surface area (Å²) in [4.78, 5) is 39.3. The first-order chi connectivity index (χ1) is 14.4. The van der Waals surface area contributed by atoms with Crippen LogP contribution >= 0.6 is 0 Å². The number of carbonyl (C=O) groups is 3. The Morgan fingerprint density at radius 3 is 2.43 bits per heavy atom. The fourth-order valence-electron chi connectivity index (χ4n) is 5.81. The number of likely N-dealkylation sites (tertiary alicyclic amines) is 1. The van der Waals surface area contributed by atoms with Crippen LogP contribution in [0.2, 0.25) is 0 Å². The van der Waals surface area contributed by atoms with E-state index in [0.29, 0.717) is 25.4 Å². The van der Waals surface area contributed by atoms with Gasteiger partial charge in [0.15, 0.2) is 0 Å². The molecule has 1 unspecified atom stereocenters. The standard InChI is InChI=1S/C23H38N2O5/c1-3-30-23(29)18(13-12-16-8-4-5-9-16)24-15(2)21(26)25-19-11-7-6-10-17(19)14-20(25)22(27)28/h15-20,24H,3-14H2,1-2H3,(H,27,28)/t15-,17-,18?,19-,20-/m0/s1. The molecule has 0 bridgehead atoms. The van der Waals surface area contributed by atoms with Gasteiger partial charge in [-0.3, -0.25) is 14.9 Å². The van der Waals surface area contributed by atoms with Crippen molar-refractivity contribution in [3.05, 3.63) is 0 Å². The number of carboxylic acids is 1. The summed E-state index contributed by atoms with van der Waals surface area (Å²) in [5, 5.41) is 12.9. The van der Waals surface area contributed by atoms with E-state index in [2.05, 4.69) is 5.32 Å². The zero-order valence-corrected chi connectivity index (χ0v) is 18.5. The van der Waals surface area contributed by atoms with Crippen molar-refractivity contribution < 1.29 is 24.2 Å². The van der Waals surface area contributed by atoms with E-state index in [9.17, 15) is 19.5 Å². The van der Waals surface area contributed by atoms with Crippen molar-refractivity contribution >= 4 is 17.8 Å². The summed E-state index contributed by atoms with van der Waals surface area (Å²) in [6, 6.07) is -1.89. The normalized spacial score (nSPS) is 28.7. The van der Waals surface area contributed by atoms with Crippen molar-refractivity contribution in [3.63, 3.8) is 0 Å². The molecule has 1 amide bonds. The Hall–Kier alpha value is -1.63. The smallest absolute Gasteiger partial charge is 0.326 e. The van der Waals surface area contributed by atoms with Crippen molar-refractivity contribution in [3.8, 4) is 0 Å². The van der Waals surface area contributed by atoms with Gasteiger partial charge in [-0.1, -0.05) is 38.5 Å². The molecule has 170 valence electrons. The highest BCUT2D eigenvalue weighted by Crippen LogP contribution is 2.40. The number of ether oxygens (including phenoxy) is 1. The van der Waals surface area contributed by atoms with Gasteiger partial charge >= 0.3 is 11.9 Å². The van der Waals surface area contributed by atoms with Crippen molar-refractivity contribution in [2.75, 3.05) is 6.61 Å². The third-order valence-corrected chi connectivity index (χ3v) is 7.36. The Bertz CT molecular complexity index is 619. The molecule has 7 nitrogen and oxygen atoms in total. The highest BCUT2D eigenvalue weighted by atomic mass is 16.5. The van der Waals surface area contributed by atoms with Gasteiger partial charge in [-0.25, -0.2) is 4.79 Å². The molecule has 3 fully saturated rings. The number of esters is 1. The molecule has 5 atom stereocenters. The fraction of sp³-hybridized carbons (Fsp3) is 0.870. The summed E-state index contributed by atoms with van der Waals surface area (Å²) in [5.41, 5.74) is 0. The van der Waals surface area contributed by atoms with Crippen molar-refractivity contribution in [2.45, 2.75) is 109 Å². The van der Waals surface area contributed by atoms with E-state index in [-0.39, 0.29) is 23.8 Å². The Labute approximate surface area is 179 Å². The molecule has 3 aliphatic rings. The molecule has 0 aromatic heterocycles. The van der Waals surface area contributed by atoms with Gasteiger partial charge in [-0.2, -0.15) is 0 Å². The molecule has 0 aromatic rings. The summed E-state index contributed by atoms with van der Waals surface area (Å²) in [6.07, 6.45) is 11.1. The molecule has 2 N–H and O–H groups in total. The van der Waals surface area contributed by atoms with Crippen LogP contribution in [0.1, 0.15) is 84.5 Å². The van der Waals surface area contributed by atoms with Crippen LogP contribution in [0.5, 0.6) is 0 Å². The van der Waals surface area contributed by atoms with E-state index < -0.39 is 24.1 Å². The van der Waals surface area contributed by atoms with Crippen LogP contribution in [0.4, 0.5) is 0 Å². The Kier molecular flexibility index (Phi) is 8.14. The quantitative estimate of drug-likeness (QED) is 0.554. The second kappa shape index (κ2) is 10.6. The number of carboxylic acid groups (broad SMARTS) is 1. The van der Waals surface area contributed by atoms with E-state index in [1.54, 1.807) is 18.7 Å². The van der Waals surface area contributed by atoms with Crippen molar-refractivity contribution in [1.29, 1.82) is 0 Å². The van der Waals surface area contributed by atoms with Crippen molar-refractivity contribution in [2.24, 2.45) is 11.8 Å². The minimum absolute atomic E-state index is 0.0103. The molecule has 2 aliphatic carbocycles. The second-order valence-electron chi connectivity index (χ2n) is 9.37. The van der Waals surface area contributed by atoms with Gasteiger partial charge in [-0.05, 0) is 57.8 Å². The van der Waals surface area contributed by atoms with Gasteiger partial charge in [0.2, 0.25) is 5.91 Å². The molecule has 0 spiro atoms. The first-order valence-corrected chi connectivity index (χ1v) is 11.9. The van der Waals surface area contributed by atoms with E-state index in [0.717, 1.165) is 32.1 Å². The summed E-state index contributed by atoms with van der Waals surface area (Å²) in [7, 11) is 0. The molecule has 1 heterocycles. The monoisotopic (exact) mass is 422 g/mol. The third-order valence-electron chi connectivity index (χ3n) is 7.36. The maximum absolute atomic E-state index is 13.3. The molecular weight excluding hydrogens is 384 g/mol. The lowest BCUT2D eigenvalue weighted by molar-refractivity contribution is -0.152. The van der Waals surface area contributed by atoms with Gasteiger partial charge in [-0.15, -0.1) is 0 Å². The van der Waals surface area contributed by atoms with Crippen LogP contribution in [0.25, 0.3) is 0 Å². The van der Waals surface area contributed by atoms with Crippen LogP contribution in [0.15, 0.2) is 0 Å². The molecule has 1 saturated heterocycles. The van der Waals surface area contributed by atoms with E-state index in [1.165, 1.54) is 25.7 Å². The number of rotatable bonds is 9. The number of carbonyl (C=O) groups excluding carboxylic acids is 2. The number of amides is 1. The second-order valence-corrected chi connectivity index (χ2v) is 9.37. The highest BCUT2D eigenvalue weighted by Gasteiger charge is 2.48. The lowest BCUT2D eigenvalue weighted by Crippen LogP contribution is -2.55. The first kappa shape index (κ1) is 23.0. The van der Waals surface area contributed by atoms with Crippen molar-refractivity contribution in [1.82, 2.24) is 10.2 Å². The number of hydrogen-bond donors (Lipinski definition) is 2. The fourth-order valence-corrected chi connectivity index (χ4v) is 5.81. The number of hydrogen-bond acceptors (Lipinski definition) is 5. The van der Waals surface area contributed by atoms with Gasteiger partial charge in [0.1, 0.15) is 12.1 Å². The number of nitrogens with zero attached hydrogens (tertiary/aromatic N) is 1. The maximum atomic E-state index is 13.3. The zero-order chi connectivity index (χ0) is 21.7. The van der Waals surface area contributed by atoms with E-state index >= 15 is 0 Å². The molecule has 0 aromatic carbocycles. The Balaban J connectivity index is 1.66. The molecule has 3 rings (SSSR count). The SMILES string of the molecule is CCOC(=O)C(CCC1CCCC1)N[C@@H](C)C(=O)N1[C@H](C(=O)O)C[C@@H]2CCCC[C@@H]21. The molecular formula is C23H38N2O5. The molecule has 30 heavy (non-hydrogen) atoms. The van der Waals surface area contributed by atoms with Gasteiger partial charge in [0, 0.05) is 6.04 Å². The average Bonchev–Trinajstić information content (AvgIpc) is 3.38. The van der Waals surface area contributed by atoms with Gasteiger partial charge in [0.05, 0.1) is 12.6 Å². The third kappa shape index (κ3) is 5.34. The summed E-state index contributed by atoms with van der Waals surface area (Å²) in [6.45, 7) is 3.84. The van der Waals surface area contributed by atoms with Crippen LogP contribution in [-0.4, -0.2) is 58.6 Å². The lowest BCUT2D eigenvalue weighted by atomic mass is 9.84. The number of aliphatic carboxylic acids is 1. The van der Waals surface area contributed by atoms with Crippen LogP contribution in [0.3, 0.4) is 0 Å². The summed E-state index contributed by atoms with van der Waals surface area (Å²) < 4.78 is 5.25. The molecule has 2 saturated carbocycles. The lowest BCUT2D eigenvalue weighted by Gasteiger charge is -2.35. The topological polar surface area (TPSA) is 95.9 Å². The maximum Gasteiger partial charge on any atom is 0.326 e. The Morgan fingerprint density at radius 2 is 1.77 bits per heavy atom. The van der Waals surface area contributed by atoms with E-state index in [1.807, 2.05) is 0 Å². The van der Waals surface area contributed by atoms with Crippen LogP contribution in [-0.2, 0) is 19.1 Å². The average molecular weight is 423 g/mol. The highest BCUT2D eigenvalue weighted by molar-refractivity contribution is 5.88. The minimum Gasteiger partial charge on any atom is -0.480 e. The van der Waals surface area contributed by atoms with Gasteiger partial charge in [0.25, 0.3) is 0 Å². The predicted octanol–water partition coefficient (Wildman–Crippen LogP) is 3.11. The predicted molar refractivity (Wildman–Crippen MR) is 113 cm³/mol.